The van der Waals surface area contributed by atoms with Gasteiger partial charge in [0.2, 0.25) is 0 Å². The summed E-state index contributed by atoms with van der Waals surface area (Å²) in [5.41, 5.74) is 5.95. The van der Waals surface area contributed by atoms with E-state index >= 15 is 0 Å². The summed E-state index contributed by atoms with van der Waals surface area (Å²) in [6.07, 6.45) is 8.05. The molecule has 1 aromatic heterocycles. The largest absolute Gasteiger partial charge is 0.386 e. The average Bonchev–Trinajstić information content (AvgIpc) is 2.80. The standard InChI is InChI=1S/C14H14N2/c1-3-10-9-15-7-8-16-13-6-2-4-11(13)12(5-1)14(10)16/h1,3,5,7-8,15H,2,4,6,9H2. The first-order valence-electron chi connectivity index (χ1n) is 5.99. The zero-order valence-corrected chi connectivity index (χ0v) is 9.16. The minimum atomic E-state index is 0.941. The first-order chi connectivity index (χ1) is 7.95. The van der Waals surface area contributed by atoms with Gasteiger partial charge in [0.15, 0.2) is 0 Å². The Bertz CT molecular complexity index is 605. The molecule has 0 radical (unpaired) electrons. The van der Waals surface area contributed by atoms with Crippen LogP contribution in [0.15, 0.2) is 24.4 Å². The third kappa shape index (κ3) is 0.921. The Labute approximate surface area is 94.6 Å². The lowest BCUT2D eigenvalue weighted by Crippen LogP contribution is -2.02. The van der Waals surface area contributed by atoms with Crippen LogP contribution in [0.25, 0.3) is 17.1 Å². The van der Waals surface area contributed by atoms with E-state index < -0.39 is 0 Å². The molecule has 0 spiro atoms. The van der Waals surface area contributed by atoms with Crippen LogP contribution < -0.4 is 5.32 Å². The third-order valence-electron chi connectivity index (χ3n) is 3.80. The van der Waals surface area contributed by atoms with Crippen molar-refractivity contribution < 1.29 is 0 Å². The molecule has 0 amide bonds. The van der Waals surface area contributed by atoms with Crippen LogP contribution in [0.2, 0.25) is 0 Å². The van der Waals surface area contributed by atoms with Crippen molar-refractivity contribution in [3.8, 4) is 0 Å². The maximum absolute atomic E-state index is 3.33. The van der Waals surface area contributed by atoms with E-state index in [1.807, 2.05) is 0 Å². The highest BCUT2D eigenvalue weighted by Gasteiger charge is 2.22. The van der Waals surface area contributed by atoms with Gasteiger partial charge < -0.3 is 9.88 Å². The Kier molecular flexibility index (Phi) is 1.54. The number of nitrogens with one attached hydrogen (secondary N) is 1. The lowest BCUT2D eigenvalue weighted by Gasteiger charge is -2.04. The van der Waals surface area contributed by atoms with Crippen molar-refractivity contribution >= 4 is 17.1 Å². The molecule has 0 unspecified atom stereocenters. The topological polar surface area (TPSA) is 17.0 Å². The first-order valence-corrected chi connectivity index (χ1v) is 5.99. The van der Waals surface area contributed by atoms with E-state index in [4.69, 9.17) is 0 Å². The van der Waals surface area contributed by atoms with Crippen molar-refractivity contribution in [1.29, 1.82) is 0 Å². The summed E-state index contributed by atoms with van der Waals surface area (Å²) in [5.74, 6) is 0. The van der Waals surface area contributed by atoms with Crippen LogP contribution >= 0.6 is 0 Å². The molecule has 2 heterocycles. The molecule has 0 atom stereocenters. The maximum atomic E-state index is 3.33. The van der Waals surface area contributed by atoms with Crippen molar-refractivity contribution in [2.24, 2.45) is 0 Å². The van der Waals surface area contributed by atoms with Crippen LogP contribution in [0.5, 0.6) is 0 Å². The fourth-order valence-corrected chi connectivity index (χ4v) is 3.14. The van der Waals surface area contributed by atoms with Crippen molar-refractivity contribution in [3.63, 3.8) is 0 Å². The Morgan fingerprint density at radius 1 is 1.19 bits per heavy atom. The van der Waals surface area contributed by atoms with E-state index in [2.05, 4.69) is 40.5 Å². The van der Waals surface area contributed by atoms with Gasteiger partial charge >= 0.3 is 0 Å². The summed E-state index contributed by atoms with van der Waals surface area (Å²) < 4.78 is 2.40. The molecule has 1 aliphatic carbocycles. The monoisotopic (exact) mass is 210 g/mol. The van der Waals surface area contributed by atoms with Crippen molar-refractivity contribution in [2.45, 2.75) is 25.8 Å². The summed E-state index contributed by atoms with van der Waals surface area (Å²) in [7, 11) is 0. The number of aryl methyl sites for hydroxylation is 1. The van der Waals surface area contributed by atoms with Crippen LogP contribution in [0.1, 0.15) is 23.2 Å². The van der Waals surface area contributed by atoms with E-state index in [1.54, 1.807) is 5.56 Å². The van der Waals surface area contributed by atoms with Crippen LogP contribution in [-0.4, -0.2) is 4.57 Å². The molecule has 4 rings (SSSR count). The van der Waals surface area contributed by atoms with Crippen LogP contribution in [0.4, 0.5) is 0 Å². The predicted molar refractivity (Wildman–Crippen MR) is 66.1 cm³/mol. The molecule has 2 aliphatic rings. The van der Waals surface area contributed by atoms with Gasteiger partial charge in [-0.15, -0.1) is 0 Å². The second-order valence-electron chi connectivity index (χ2n) is 4.66. The van der Waals surface area contributed by atoms with E-state index in [0.717, 1.165) is 6.54 Å². The van der Waals surface area contributed by atoms with Gasteiger partial charge in [-0.05, 0) is 30.4 Å². The number of fused-ring (bicyclic) bond motifs is 3. The van der Waals surface area contributed by atoms with Gasteiger partial charge in [-0.3, -0.25) is 0 Å². The number of benzene rings is 1. The number of para-hydroxylation sites is 1. The lowest BCUT2D eigenvalue weighted by atomic mass is 10.1. The van der Waals surface area contributed by atoms with E-state index in [-0.39, 0.29) is 0 Å². The number of hydrogen-bond donors (Lipinski definition) is 1. The predicted octanol–water partition coefficient (Wildman–Crippen LogP) is 2.66. The molecule has 2 nitrogen and oxygen atoms in total. The zero-order chi connectivity index (χ0) is 10.5. The third-order valence-corrected chi connectivity index (χ3v) is 3.80. The maximum Gasteiger partial charge on any atom is 0.0578 e. The average molecular weight is 210 g/mol. The van der Waals surface area contributed by atoms with E-state index in [0.29, 0.717) is 0 Å². The van der Waals surface area contributed by atoms with Crippen molar-refractivity contribution in [3.05, 3.63) is 41.2 Å². The number of aromatic nitrogens is 1. The number of rotatable bonds is 0. The Morgan fingerprint density at radius 2 is 2.19 bits per heavy atom. The van der Waals surface area contributed by atoms with Gasteiger partial charge in [-0.25, -0.2) is 0 Å². The van der Waals surface area contributed by atoms with Gasteiger partial charge in [0.1, 0.15) is 0 Å². The molecule has 0 saturated heterocycles. The fraction of sp³-hybridized carbons (Fsp3) is 0.286. The number of hydrogen-bond acceptors (Lipinski definition) is 1. The second kappa shape index (κ2) is 2.91. The zero-order valence-electron chi connectivity index (χ0n) is 9.16. The van der Waals surface area contributed by atoms with Gasteiger partial charge in [0, 0.05) is 30.0 Å². The minimum absolute atomic E-state index is 0.941. The van der Waals surface area contributed by atoms with E-state index in [1.165, 1.54) is 41.4 Å². The molecule has 1 aromatic carbocycles. The second-order valence-corrected chi connectivity index (χ2v) is 4.66. The SMILES string of the molecule is C1=Cn2c3c(c4cccc(c42)CN1)CCC3. The van der Waals surface area contributed by atoms with Crippen LogP contribution in [0, 0.1) is 0 Å². The molecule has 80 valence electrons. The molecular formula is C14H14N2. The quantitative estimate of drug-likeness (QED) is 0.707. The molecular weight excluding hydrogens is 196 g/mol. The summed E-state index contributed by atoms with van der Waals surface area (Å²) >= 11 is 0. The normalized spacial score (nSPS) is 17.2. The van der Waals surface area contributed by atoms with Gasteiger partial charge in [0.25, 0.3) is 0 Å². The first kappa shape index (κ1) is 8.45. The Hall–Kier alpha value is -1.70. The number of nitrogens with zero attached hydrogens (tertiary/aromatic N) is 1. The molecule has 2 heteroatoms. The molecule has 2 aromatic rings. The highest BCUT2D eigenvalue weighted by Crippen LogP contribution is 2.35. The fourth-order valence-electron chi connectivity index (χ4n) is 3.14. The van der Waals surface area contributed by atoms with Crippen molar-refractivity contribution in [2.75, 3.05) is 0 Å². The van der Waals surface area contributed by atoms with Gasteiger partial charge in [0.05, 0.1) is 5.52 Å². The van der Waals surface area contributed by atoms with Gasteiger partial charge in [-0.1, -0.05) is 18.2 Å². The van der Waals surface area contributed by atoms with Crippen LogP contribution in [-0.2, 0) is 19.4 Å². The molecule has 0 bridgehead atoms. The van der Waals surface area contributed by atoms with E-state index in [9.17, 15) is 0 Å². The van der Waals surface area contributed by atoms with Crippen LogP contribution in [0.3, 0.4) is 0 Å². The summed E-state index contributed by atoms with van der Waals surface area (Å²) in [4.78, 5) is 0. The molecule has 0 fully saturated rings. The Morgan fingerprint density at radius 3 is 3.19 bits per heavy atom. The summed E-state index contributed by atoms with van der Waals surface area (Å²) in [6, 6.07) is 6.69. The lowest BCUT2D eigenvalue weighted by molar-refractivity contribution is 0.881. The summed E-state index contributed by atoms with van der Waals surface area (Å²) in [6.45, 7) is 0.941. The molecule has 16 heavy (non-hydrogen) atoms. The molecule has 1 N–H and O–H groups in total. The molecule has 0 saturated carbocycles. The minimum Gasteiger partial charge on any atom is -0.386 e. The van der Waals surface area contributed by atoms with Gasteiger partial charge in [-0.2, -0.15) is 0 Å². The smallest absolute Gasteiger partial charge is 0.0578 e. The summed E-state index contributed by atoms with van der Waals surface area (Å²) in [5, 5.41) is 4.80. The Balaban J connectivity index is 2.22. The van der Waals surface area contributed by atoms with Crippen molar-refractivity contribution in [1.82, 2.24) is 9.88 Å². The highest BCUT2D eigenvalue weighted by atomic mass is 15.0. The highest BCUT2D eigenvalue weighted by molar-refractivity contribution is 5.90. The molecule has 1 aliphatic heterocycles.